The Bertz CT molecular complexity index is 1270. The van der Waals surface area contributed by atoms with Crippen LogP contribution >= 0.6 is 23.4 Å². The molecule has 166 valence electrons. The fraction of sp³-hybridized carbons (Fsp3) is 0.192. The SMILES string of the molecule is O=C(NC1CC1)c1ccccc1CSc1nnc(Cc2ccccc2)n1-c1cccc(Cl)c1. The van der Waals surface area contributed by atoms with Crippen molar-refractivity contribution in [3.8, 4) is 5.69 Å². The minimum absolute atomic E-state index is 0.00484. The molecule has 1 aliphatic carbocycles. The van der Waals surface area contributed by atoms with Gasteiger partial charge in [-0.05, 0) is 48.2 Å². The number of aromatic nitrogens is 3. The lowest BCUT2D eigenvalue weighted by atomic mass is 10.1. The number of nitrogens with zero attached hydrogens (tertiary/aromatic N) is 3. The summed E-state index contributed by atoms with van der Waals surface area (Å²) in [5.74, 6) is 1.44. The highest BCUT2D eigenvalue weighted by molar-refractivity contribution is 7.98. The van der Waals surface area contributed by atoms with Crippen LogP contribution in [0.4, 0.5) is 0 Å². The van der Waals surface area contributed by atoms with Crippen molar-refractivity contribution in [1.82, 2.24) is 20.1 Å². The molecule has 1 fully saturated rings. The first kappa shape index (κ1) is 21.7. The molecule has 0 aliphatic heterocycles. The fourth-order valence-corrected chi connectivity index (χ4v) is 4.82. The first-order valence-electron chi connectivity index (χ1n) is 10.9. The quantitative estimate of drug-likeness (QED) is 0.333. The highest BCUT2D eigenvalue weighted by Gasteiger charge is 2.25. The molecule has 0 saturated heterocycles. The smallest absolute Gasteiger partial charge is 0.251 e. The highest BCUT2D eigenvalue weighted by Crippen LogP contribution is 2.29. The van der Waals surface area contributed by atoms with Crippen molar-refractivity contribution in [3.05, 3.63) is 106 Å². The predicted molar refractivity (Wildman–Crippen MR) is 132 cm³/mol. The van der Waals surface area contributed by atoms with E-state index in [2.05, 4.69) is 32.2 Å². The third kappa shape index (κ3) is 5.29. The highest BCUT2D eigenvalue weighted by atomic mass is 35.5. The van der Waals surface area contributed by atoms with Gasteiger partial charge < -0.3 is 5.32 Å². The molecule has 0 atom stereocenters. The van der Waals surface area contributed by atoms with Gasteiger partial charge in [0.05, 0.1) is 5.69 Å². The molecular formula is C26H23ClN4OS. The number of carbonyl (C=O) groups excluding carboxylic acids is 1. The Morgan fingerprint density at radius 1 is 1.00 bits per heavy atom. The summed E-state index contributed by atoms with van der Waals surface area (Å²) in [6.07, 6.45) is 2.78. The third-order valence-corrected chi connectivity index (χ3v) is 6.72. The topological polar surface area (TPSA) is 59.8 Å². The number of nitrogens with one attached hydrogen (secondary N) is 1. The molecule has 33 heavy (non-hydrogen) atoms. The molecule has 0 bridgehead atoms. The van der Waals surface area contributed by atoms with Crippen molar-refractivity contribution in [2.24, 2.45) is 0 Å². The molecule has 1 amide bonds. The van der Waals surface area contributed by atoms with Crippen LogP contribution in [0.15, 0.2) is 84.0 Å². The number of halogens is 1. The Labute approximate surface area is 202 Å². The molecule has 0 spiro atoms. The Morgan fingerprint density at radius 3 is 2.58 bits per heavy atom. The van der Waals surface area contributed by atoms with Gasteiger partial charge in [-0.1, -0.05) is 78.0 Å². The largest absolute Gasteiger partial charge is 0.349 e. The van der Waals surface area contributed by atoms with Crippen molar-refractivity contribution >= 4 is 29.3 Å². The van der Waals surface area contributed by atoms with Crippen molar-refractivity contribution < 1.29 is 4.79 Å². The standard InChI is InChI=1S/C26H23ClN4OS/c27-20-10-6-11-22(16-20)31-24(15-18-7-2-1-3-8-18)29-30-26(31)33-17-19-9-4-5-12-23(19)25(32)28-21-13-14-21/h1-12,16,21H,13-15,17H2,(H,28,32). The van der Waals surface area contributed by atoms with Gasteiger partial charge in [-0.3, -0.25) is 9.36 Å². The van der Waals surface area contributed by atoms with Crippen LogP contribution in [-0.2, 0) is 12.2 Å². The minimum atomic E-state index is -0.00484. The van der Waals surface area contributed by atoms with Crippen LogP contribution in [0.1, 0.15) is 40.2 Å². The molecule has 5 rings (SSSR count). The van der Waals surface area contributed by atoms with Gasteiger partial charge in [0.2, 0.25) is 0 Å². The van der Waals surface area contributed by atoms with Crippen LogP contribution in [-0.4, -0.2) is 26.7 Å². The lowest BCUT2D eigenvalue weighted by molar-refractivity contribution is 0.0950. The van der Waals surface area contributed by atoms with E-state index in [-0.39, 0.29) is 5.91 Å². The first-order valence-corrected chi connectivity index (χ1v) is 12.3. The van der Waals surface area contributed by atoms with E-state index in [0.717, 1.165) is 46.2 Å². The van der Waals surface area contributed by atoms with E-state index in [1.165, 1.54) is 0 Å². The van der Waals surface area contributed by atoms with Gasteiger partial charge in [-0.15, -0.1) is 10.2 Å². The number of thioether (sulfide) groups is 1. The second-order valence-electron chi connectivity index (χ2n) is 8.07. The zero-order valence-corrected chi connectivity index (χ0v) is 19.5. The summed E-state index contributed by atoms with van der Waals surface area (Å²) in [4.78, 5) is 12.7. The van der Waals surface area contributed by atoms with E-state index in [1.807, 2.05) is 66.7 Å². The number of carbonyl (C=O) groups is 1. The molecule has 4 aromatic rings. The minimum Gasteiger partial charge on any atom is -0.349 e. The van der Waals surface area contributed by atoms with Crippen LogP contribution in [0.3, 0.4) is 0 Å². The molecule has 1 aliphatic rings. The van der Waals surface area contributed by atoms with Crippen molar-refractivity contribution in [1.29, 1.82) is 0 Å². The number of benzene rings is 3. The predicted octanol–water partition coefficient (Wildman–Crippen LogP) is 5.70. The monoisotopic (exact) mass is 474 g/mol. The zero-order valence-electron chi connectivity index (χ0n) is 17.9. The average molecular weight is 475 g/mol. The van der Waals surface area contributed by atoms with Crippen LogP contribution < -0.4 is 5.32 Å². The molecule has 3 aromatic carbocycles. The second-order valence-corrected chi connectivity index (χ2v) is 9.45. The van der Waals surface area contributed by atoms with Gasteiger partial charge in [0.15, 0.2) is 5.16 Å². The zero-order chi connectivity index (χ0) is 22.6. The molecule has 0 unspecified atom stereocenters. The molecule has 1 aromatic heterocycles. The fourth-order valence-electron chi connectivity index (χ4n) is 3.66. The van der Waals surface area contributed by atoms with Crippen LogP contribution in [0.5, 0.6) is 0 Å². The normalized spacial score (nSPS) is 13.1. The summed E-state index contributed by atoms with van der Waals surface area (Å²) in [5.41, 5.74) is 3.77. The van der Waals surface area contributed by atoms with Gasteiger partial charge in [-0.25, -0.2) is 0 Å². The molecule has 1 saturated carbocycles. The maximum atomic E-state index is 12.7. The van der Waals surface area contributed by atoms with E-state index < -0.39 is 0 Å². The first-order chi connectivity index (χ1) is 16.2. The van der Waals surface area contributed by atoms with E-state index in [4.69, 9.17) is 11.6 Å². The van der Waals surface area contributed by atoms with Gasteiger partial charge in [0.25, 0.3) is 5.91 Å². The summed E-state index contributed by atoms with van der Waals surface area (Å²) in [6.45, 7) is 0. The molecule has 0 radical (unpaired) electrons. The summed E-state index contributed by atoms with van der Waals surface area (Å²) >= 11 is 7.86. The molecule has 7 heteroatoms. The van der Waals surface area contributed by atoms with Crippen LogP contribution in [0.25, 0.3) is 5.69 Å². The maximum Gasteiger partial charge on any atom is 0.251 e. The Hall–Kier alpha value is -3.09. The summed E-state index contributed by atoms with van der Waals surface area (Å²) in [6, 6.07) is 26.0. The number of hydrogen-bond donors (Lipinski definition) is 1. The van der Waals surface area contributed by atoms with Crippen LogP contribution in [0.2, 0.25) is 5.02 Å². The van der Waals surface area contributed by atoms with E-state index >= 15 is 0 Å². The average Bonchev–Trinajstić information content (AvgIpc) is 3.56. The van der Waals surface area contributed by atoms with Gasteiger partial charge in [0.1, 0.15) is 5.82 Å². The third-order valence-electron chi connectivity index (χ3n) is 5.50. The molecule has 1 N–H and O–H groups in total. The lowest BCUT2D eigenvalue weighted by Gasteiger charge is -2.12. The number of hydrogen-bond acceptors (Lipinski definition) is 4. The summed E-state index contributed by atoms with van der Waals surface area (Å²) < 4.78 is 2.05. The van der Waals surface area contributed by atoms with Crippen LogP contribution in [0, 0.1) is 0 Å². The van der Waals surface area contributed by atoms with Crippen molar-refractivity contribution in [3.63, 3.8) is 0 Å². The van der Waals surface area contributed by atoms with Crippen molar-refractivity contribution in [2.75, 3.05) is 0 Å². The van der Waals surface area contributed by atoms with E-state index in [9.17, 15) is 4.79 Å². The lowest BCUT2D eigenvalue weighted by Crippen LogP contribution is -2.26. The molecular weight excluding hydrogens is 452 g/mol. The Kier molecular flexibility index (Phi) is 6.46. The van der Waals surface area contributed by atoms with E-state index in [1.54, 1.807) is 11.8 Å². The Balaban J connectivity index is 1.43. The number of amides is 1. The summed E-state index contributed by atoms with van der Waals surface area (Å²) in [7, 11) is 0. The summed E-state index contributed by atoms with van der Waals surface area (Å²) in [5, 5.41) is 13.5. The second kappa shape index (κ2) is 9.81. The van der Waals surface area contributed by atoms with Gasteiger partial charge in [-0.2, -0.15) is 0 Å². The molecule has 1 heterocycles. The molecule has 5 nitrogen and oxygen atoms in total. The maximum absolute atomic E-state index is 12.7. The van der Waals surface area contributed by atoms with Gasteiger partial charge >= 0.3 is 0 Å². The van der Waals surface area contributed by atoms with E-state index in [0.29, 0.717) is 23.2 Å². The Morgan fingerprint density at radius 2 is 1.79 bits per heavy atom. The van der Waals surface area contributed by atoms with Gasteiger partial charge in [0, 0.05) is 28.8 Å². The van der Waals surface area contributed by atoms with Crippen molar-refractivity contribution in [2.45, 2.75) is 36.2 Å². The number of rotatable bonds is 8.